The van der Waals surface area contributed by atoms with E-state index < -0.39 is 5.91 Å². The number of aliphatic imine (C=N–C) groups is 1. The third-order valence-electron chi connectivity index (χ3n) is 5.39. The average Bonchev–Trinajstić information content (AvgIpc) is 2.69. The molecule has 0 saturated carbocycles. The first kappa shape index (κ1) is 20.5. The monoisotopic (exact) mass is 396 g/mol. The van der Waals surface area contributed by atoms with Crippen molar-refractivity contribution in [2.24, 2.45) is 16.5 Å². The van der Waals surface area contributed by atoms with Crippen LogP contribution in [0.25, 0.3) is 0 Å². The van der Waals surface area contributed by atoms with Crippen LogP contribution >= 0.6 is 0 Å². The summed E-state index contributed by atoms with van der Waals surface area (Å²) in [6.07, 6.45) is 1.66. The van der Waals surface area contributed by atoms with Gasteiger partial charge in [-0.2, -0.15) is 4.99 Å². The number of guanidine groups is 1. The quantitative estimate of drug-likeness (QED) is 0.615. The lowest BCUT2D eigenvalue weighted by molar-refractivity contribution is 0.0712. The number of nitrogens with two attached hydrogens (primary N) is 2. The van der Waals surface area contributed by atoms with Crippen molar-refractivity contribution in [2.45, 2.75) is 32.6 Å². The van der Waals surface area contributed by atoms with E-state index in [-0.39, 0.29) is 17.7 Å². The van der Waals surface area contributed by atoms with E-state index in [2.05, 4.69) is 4.99 Å². The fourth-order valence-corrected chi connectivity index (χ4v) is 3.85. The Morgan fingerprint density at radius 3 is 2.24 bits per heavy atom. The first-order chi connectivity index (χ1) is 13.8. The molecular weight excluding hydrogens is 371 g/mol. The minimum Gasteiger partial charge on any atom is -0.370 e. The van der Waals surface area contributed by atoms with E-state index in [0.717, 1.165) is 24.0 Å². The van der Waals surface area contributed by atoms with Crippen LogP contribution in [0.3, 0.4) is 0 Å². The lowest BCUT2D eigenvalue weighted by atomic mass is 9.84. The number of amides is 2. The highest BCUT2D eigenvalue weighted by atomic mass is 19.1. The molecule has 1 aliphatic rings. The SMILES string of the molecule is Cc1cc(C2CCN(C(=O)c3ccc(F)cc3)CC2)c(C)cc1C(=O)N=C(N)N. The van der Waals surface area contributed by atoms with Crippen LogP contribution < -0.4 is 11.5 Å². The molecule has 1 saturated heterocycles. The standard InChI is InChI=1S/C22H25FN4O2/c1-13-12-19(20(28)26-22(24)25)14(2)11-18(13)15-7-9-27(10-8-15)21(29)16-3-5-17(23)6-4-16/h3-6,11-12,15H,7-10H2,1-2H3,(H4,24,25,26,28). The van der Waals surface area contributed by atoms with E-state index in [9.17, 15) is 14.0 Å². The van der Waals surface area contributed by atoms with Gasteiger partial charge in [-0.25, -0.2) is 4.39 Å². The normalized spacial score (nSPS) is 14.5. The zero-order valence-corrected chi connectivity index (χ0v) is 16.6. The molecule has 2 amide bonds. The highest BCUT2D eigenvalue weighted by Gasteiger charge is 2.26. The second-order valence-electron chi connectivity index (χ2n) is 7.44. The Hall–Kier alpha value is -3.22. The number of carbonyl (C=O) groups excluding carboxylic acids is 2. The number of halogens is 1. The third-order valence-corrected chi connectivity index (χ3v) is 5.39. The third kappa shape index (κ3) is 4.62. The van der Waals surface area contributed by atoms with Crippen molar-refractivity contribution in [1.29, 1.82) is 0 Å². The summed E-state index contributed by atoms with van der Waals surface area (Å²) < 4.78 is 13.1. The Labute approximate surface area is 169 Å². The summed E-state index contributed by atoms with van der Waals surface area (Å²) in [6, 6.07) is 9.49. The zero-order valence-electron chi connectivity index (χ0n) is 16.6. The summed E-state index contributed by atoms with van der Waals surface area (Å²) >= 11 is 0. The van der Waals surface area contributed by atoms with Gasteiger partial charge in [-0.05, 0) is 79.6 Å². The van der Waals surface area contributed by atoms with Crippen molar-refractivity contribution in [3.63, 3.8) is 0 Å². The van der Waals surface area contributed by atoms with Crippen molar-refractivity contribution in [3.8, 4) is 0 Å². The molecule has 0 spiro atoms. The number of nitrogens with zero attached hydrogens (tertiary/aromatic N) is 2. The second-order valence-corrected chi connectivity index (χ2v) is 7.44. The molecule has 29 heavy (non-hydrogen) atoms. The highest BCUT2D eigenvalue weighted by molar-refractivity contribution is 6.03. The van der Waals surface area contributed by atoms with Gasteiger partial charge in [0.15, 0.2) is 5.96 Å². The summed E-state index contributed by atoms with van der Waals surface area (Å²) in [5.74, 6) is -0.827. The smallest absolute Gasteiger partial charge is 0.280 e. The van der Waals surface area contributed by atoms with Crippen LogP contribution in [0.5, 0.6) is 0 Å². The van der Waals surface area contributed by atoms with Gasteiger partial charge >= 0.3 is 0 Å². The fraction of sp³-hybridized carbons (Fsp3) is 0.318. The van der Waals surface area contributed by atoms with Gasteiger partial charge < -0.3 is 16.4 Å². The summed E-state index contributed by atoms with van der Waals surface area (Å²) in [5, 5.41) is 0. The van der Waals surface area contributed by atoms with Crippen molar-refractivity contribution in [2.75, 3.05) is 13.1 Å². The van der Waals surface area contributed by atoms with Gasteiger partial charge in [-0.3, -0.25) is 9.59 Å². The number of likely N-dealkylation sites (tertiary alicyclic amines) is 1. The summed E-state index contributed by atoms with van der Waals surface area (Å²) in [7, 11) is 0. The van der Waals surface area contributed by atoms with E-state index in [1.807, 2.05) is 30.9 Å². The molecule has 0 aromatic heterocycles. The Balaban J connectivity index is 1.71. The molecule has 7 heteroatoms. The van der Waals surface area contributed by atoms with Gasteiger partial charge in [0, 0.05) is 24.2 Å². The predicted molar refractivity (Wildman–Crippen MR) is 110 cm³/mol. The Morgan fingerprint density at radius 2 is 1.66 bits per heavy atom. The first-order valence-corrected chi connectivity index (χ1v) is 9.56. The minimum absolute atomic E-state index is 0.0745. The minimum atomic E-state index is -0.447. The number of rotatable bonds is 3. The van der Waals surface area contributed by atoms with Gasteiger partial charge in [0.2, 0.25) is 0 Å². The van der Waals surface area contributed by atoms with Gasteiger partial charge in [0.25, 0.3) is 11.8 Å². The second kappa shape index (κ2) is 8.43. The van der Waals surface area contributed by atoms with Gasteiger partial charge in [0.1, 0.15) is 5.82 Å². The van der Waals surface area contributed by atoms with Crippen LogP contribution in [-0.2, 0) is 0 Å². The molecule has 152 valence electrons. The van der Waals surface area contributed by atoms with Crippen LogP contribution in [0.2, 0.25) is 0 Å². The predicted octanol–water partition coefficient (Wildman–Crippen LogP) is 2.88. The van der Waals surface area contributed by atoms with Crippen molar-refractivity contribution < 1.29 is 14.0 Å². The molecule has 1 aliphatic heterocycles. The van der Waals surface area contributed by atoms with Crippen LogP contribution in [0.1, 0.15) is 56.2 Å². The average molecular weight is 396 g/mol. The molecule has 1 heterocycles. The highest BCUT2D eigenvalue weighted by Crippen LogP contribution is 2.32. The van der Waals surface area contributed by atoms with E-state index in [0.29, 0.717) is 30.1 Å². The Kier molecular flexibility index (Phi) is 5.96. The maximum atomic E-state index is 13.1. The lowest BCUT2D eigenvalue weighted by Crippen LogP contribution is -2.38. The molecular formula is C22H25FN4O2. The van der Waals surface area contributed by atoms with E-state index in [1.165, 1.54) is 29.8 Å². The largest absolute Gasteiger partial charge is 0.370 e. The topological polar surface area (TPSA) is 102 Å². The lowest BCUT2D eigenvalue weighted by Gasteiger charge is -2.33. The fourth-order valence-electron chi connectivity index (χ4n) is 3.85. The number of piperidine rings is 1. The molecule has 0 unspecified atom stereocenters. The number of carbonyl (C=O) groups is 2. The van der Waals surface area contributed by atoms with Gasteiger partial charge in [0.05, 0.1) is 0 Å². The van der Waals surface area contributed by atoms with E-state index >= 15 is 0 Å². The number of hydrogen-bond donors (Lipinski definition) is 2. The van der Waals surface area contributed by atoms with E-state index in [1.54, 1.807) is 0 Å². The molecule has 0 radical (unpaired) electrons. The van der Waals surface area contributed by atoms with Crippen LogP contribution in [0, 0.1) is 19.7 Å². The molecule has 2 aromatic carbocycles. The maximum Gasteiger partial charge on any atom is 0.280 e. The Bertz CT molecular complexity index is 958. The molecule has 0 aliphatic carbocycles. The Morgan fingerprint density at radius 1 is 1.03 bits per heavy atom. The molecule has 6 nitrogen and oxygen atoms in total. The van der Waals surface area contributed by atoms with Crippen LogP contribution in [0.15, 0.2) is 41.4 Å². The molecule has 0 atom stereocenters. The molecule has 2 aromatic rings. The zero-order chi connectivity index (χ0) is 21.1. The van der Waals surface area contributed by atoms with Crippen molar-refractivity contribution in [1.82, 2.24) is 4.90 Å². The molecule has 4 N–H and O–H groups in total. The van der Waals surface area contributed by atoms with Crippen LogP contribution in [-0.4, -0.2) is 35.8 Å². The molecule has 1 fully saturated rings. The first-order valence-electron chi connectivity index (χ1n) is 9.56. The van der Waals surface area contributed by atoms with E-state index in [4.69, 9.17) is 11.5 Å². The molecule has 0 bridgehead atoms. The number of hydrogen-bond acceptors (Lipinski definition) is 2. The van der Waals surface area contributed by atoms with Crippen LogP contribution in [0.4, 0.5) is 4.39 Å². The number of aryl methyl sites for hydroxylation is 2. The van der Waals surface area contributed by atoms with Crippen molar-refractivity contribution in [3.05, 3.63) is 70.0 Å². The maximum absolute atomic E-state index is 13.1. The molecule has 3 rings (SSSR count). The van der Waals surface area contributed by atoms with Crippen molar-refractivity contribution >= 4 is 17.8 Å². The summed E-state index contributed by atoms with van der Waals surface area (Å²) in [4.78, 5) is 30.2. The summed E-state index contributed by atoms with van der Waals surface area (Å²) in [5.41, 5.74) is 14.6. The van der Waals surface area contributed by atoms with Gasteiger partial charge in [-0.15, -0.1) is 0 Å². The summed E-state index contributed by atoms with van der Waals surface area (Å²) in [6.45, 7) is 5.10. The number of benzene rings is 2. The van der Waals surface area contributed by atoms with Gasteiger partial charge in [-0.1, -0.05) is 6.07 Å².